The number of hydrogen-bond donors (Lipinski definition) is 0. The molecule has 0 N–H and O–H groups in total. The Morgan fingerprint density at radius 3 is 2.34 bits per heavy atom. The highest BCUT2D eigenvalue weighted by molar-refractivity contribution is 5.97. The molecule has 146 valence electrons. The summed E-state index contributed by atoms with van der Waals surface area (Å²) >= 11 is 0. The van der Waals surface area contributed by atoms with Crippen molar-refractivity contribution in [2.24, 2.45) is 7.05 Å². The molecule has 1 nitrogen and oxygen atoms in total. The summed E-state index contributed by atoms with van der Waals surface area (Å²) in [5.74, 6) is 0.655. The van der Waals surface area contributed by atoms with E-state index >= 15 is 0 Å². The van der Waals surface area contributed by atoms with E-state index in [4.69, 9.17) is 1.37 Å². The fourth-order valence-electron chi connectivity index (χ4n) is 5.12. The fraction of sp³-hybridized carbons (Fsp3) is 0.321. The Balaban J connectivity index is 1.77. The molecule has 0 saturated heterocycles. The van der Waals surface area contributed by atoms with Gasteiger partial charge in [-0.25, -0.2) is 0 Å². The summed E-state index contributed by atoms with van der Waals surface area (Å²) in [7, 11) is 2.10. The number of hydrogen-bond acceptors (Lipinski definition) is 0. The van der Waals surface area contributed by atoms with Crippen molar-refractivity contribution in [2.75, 3.05) is 0 Å². The van der Waals surface area contributed by atoms with Crippen LogP contribution in [0, 0.1) is 13.8 Å². The van der Waals surface area contributed by atoms with Crippen molar-refractivity contribution in [1.29, 1.82) is 0 Å². The number of pyridine rings is 1. The van der Waals surface area contributed by atoms with E-state index in [-0.39, 0.29) is 0 Å². The predicted molar refractivity (Wildman–Crippen MR) is 123 cm³/mol. The molecule has 1 aliphatic rings. The molecule has 29 heavy (non-hydrogen) atoms. The minimum absolute atomic E-state index is 0.655. The Bertz CT molecular complexity index is 1270. The molecule has 0 aliphatic heterocycles. The van der Waals surface area contributed by atoms with Crippen LogP contribution in [0.2, 0.25) is 0 Å². The molecule has 3 aromatic carbocycles. The van der Waals surface area contributed by atoms with Gasteiger partial charge in [-0.3, -0.25) is 0 Å². The summed E-state index contributed by atoms with van der Waals surface area (Å²) in [6, 6.07) is 20.8. The van der Waals surface area contributed by atoms with Gasteiger partial charge in [0.1, 0.15) is 7.05 Å². The smallest absolute Gasteiger partial charge is 0.198 e. The molecule has 1 heterocycles. The van der Waals surface area contributed by atoms with E-state index in [1.807, 2.05) is 0 Å². The summed E-state index contributed by atoms with van der Waals surface area (Å²) in [6.07, 6.45) is 6.61. The van der Waals surface area contributed by atoms with Gasteiger partial charge in [0.15, 0.2) is 5.69 Å². The topological polar surface area (TPSA) is 3.88 Å². The van der Waals surface area contributed by atoms with Crippen LogP contribution in [0.25, 0.3) is 32.8 Å². The second-order valence-corrected chi connectivity index (χ2v) is 8.77. The molecule has 1 heteroatoms. The molecule has 1 aromatic heterocycles. The average Bonchev–Trinajstić information content (AvgIpc) is 2.78. The quantitative estimate of drug-likeness (QED) is 0.325. The second-order valence-electron chi connectivity index (χ2n) is 8.77. The maximum absolute atomic E-state index is 8.86. The number of aromatic nitrogens is 1. The van der Waals surface area contributed by atoms with Crippen LogP contribution < -0.4 is 4.57 Å². The third-order valence-electron chi connectivity index (χ3n) is 6.88. The zero-order valence-corrected chi connectivity index (χ0v) is 17.8. The van der Waals surface area contributed by atoms with Crippen molar-refractivity contribution in [2.45, 2.75) is 51.9 Å². The summed E-state index contributed by atoms with van der Waals surface area (Å²) in [4.78, 5) is 0. The van der Waals surface area contributed by atoms with Crippen LogP contribution in [-0.2, 0) is 7.05 Å². The molecule has 1 fully saturated rings. The van der Waals surface area contributed by atoms with Gasteiger partial charge in [0.25, 0.3) is 0 Å². The normalized spacial score (nSPS) is 15.8. The monoisotopic (exact) mass is 381 g/mol. The molecule has 0 spiro atoms. The molecule has 4 aromatic rings. The standard InChI is InChI=1S/C28H30N/c1-19-15-22-11-7-8-12-23(22)18-27(19)28-26-14-13-24(21-9-5-4-6-10-21)17-25(26)16-20(2)29(28)3/h7-8,11-18,21H,4-6,9-10H2,1-3H3/q+1/i16D. The molecule has 0 amide bonds. The first kappa shape index (κ1) is 17.2. The van der Waals surface area contributed by atoms with Crippen molar-refractivity contribution < 1.29 is 5.94 Å². The molecule has 0 radical (unpaired) electrons. The number of rotatable bonds is 2. The van der Waals surface area contributed by atoms with Crippen LogP contribution in [0.15, 0.2) is 60.6 Å². The lowest BCUT2D eigenvalue weighted by Gasteiger charge is -2.22. The lowest BCUT2D eigenvalue weighted by molar-refractivity contribution is -0.665. The maximum atomic E-state index is 8.86. The zero-order valence-electron chi connectivity index (χ0n) is 18.8. The van der Waals surface area contributed by atoms with E-state index in [0.717, 1.165) is 11.1 Å². The molecule has 1 saturated carbocycles. The van der Waals surface area contributed by atoms with Crippen LogP contribution in [-0.4, -0.2) is 0 Å². The van der Waals surface area contributed by atoms with Gasteiger partial charge in [0.2, 0.25) is 5.69 Å². The van der Waals surface area contributed by atoms with Crippen LogP contribution in [0.5, 0.6) is 0 Å². The Labute approximate surface area is 175 Å². The van der Waals surface area contributed by atoms with Crippen molar-refractivity contribution in [3.63, 3.8) is 0 Å². The second kappa shape index (κ2) is 7.30. The Morgan fingerprint density at radius 1 is 0.862 bits per heavy atom. The van der Waals surface area contributed by atoms with Crippen LogP contribution in [0.3, 0.4) is 0 Å². The van der Waals surface area contributed by atoms with E-state index in [2.05, 4.69) is 80.1 Å². The summed E-state index contributed by atoms with van der Waals surface area (Å²) < 4.78 is 11.1. The zero-order chi connectivity index (χ0) is 20.8. The number of nitrogens with zero attached hydrogens (tertiary/aromatic N) is 1. The van der Waals surface area contributed by atoms with Gasteiger partial charge < -0.3 is 0 Å². The Kier molecular flexibility index (Phi) is 4.33. The lowest BCUT2D eigenvalue weighted by atomic mass is 9.83. The first-order chi connectivity index (χ1) is 14.5. The van der Waals surface area contributed by atoms with E-state index in [1.165, 1.54) is 70.6 Å². The predicted octanol–water partition coefficient (Wildman–Crippen LogP) is 7.15. The number of fused-ring (bicyclic) bond motifs is 2. The molecule has 0 atom stereocenters. The summed E-state index contributed by atoms with van der Waals surface area (Å²) in [5, 5.41) is 4.82. The SMILES string of the molecule is [2H]c1c(C)[n+](C)c(-c2cc3ccccc3cc2C)c2ccc(C3CCCCC3)cc12. The van der Waals surface area contributed by atoms with Gasteiger partial charge in [-0.1, -0.05) is 61.7 Å². The van der Waals surface area contributed by atoms with Crippen molar-refractivity contribution in [3.05, 3.63) is 77.5 Å². The number of aryl methyl sites for hydroxylation is 1. The molecule has 0 bridgehead atoms. The summed E-state index contributed by atoms with van der Waals surface area (Å²) in [6.45, 7) is 4.28. The minimum Gasteiger partial charge on any atom is -0.198 e. The van der Waals surface area contributed by atoms with Crippen molar-refractivity contribution >= 4 is 21.5 Å². The van der Waals surface area contributed by atoms with Gasteiger partial charge in [0.05, 0.1) is 12.3 Å². The van der Waals surface area contributed by atoms with Gasteiger partial charge >= 0.3 is 0 Å². The highest BCUT2D eigenvalue weighted by atomic mass is 14.9. The van der Waals surface area contributed by atoms with E-state index in [1.54, 1.807) is 0 Å². The highest BCUT2D eigenvalue weighted by Gasteiger charge is 2.22. The van der Waals surface area contributed by atoms with Gasteiger partial charge in [-0.05, 0) is 65.1 Å². The van der Waals surface area contributed by atoms with Crippen LogP contribution in [0.4, 0.5) is 0 Å². The maximum Gasteiger partial charge on any atom is 0.220 e. The van der Waals surface area contributed by atoms with Crippen molar-refractivity contribution in [1.82, 2.24) is 0 Å². The van der Waals surface area contributed by atoms with Crippen LogP contribution in [0.1, 0.15) is 56.2 Å². The van der Waals surface area contributed by atoms with E-state index in [0.29, 0.717) is 12.0 Å². The largest absolute Gasteiger partial charge is 0.220 e. The molecule has 5 rings (SSSR count). The highest BCUT2D eigenvalue weighted by Crippen LogP contribution is 2.36. The third-order valence-corrected chi connectivity index (χ3v) is 6.88. The van der Waals surface area contributed by atoms with E-state index < -0.39 is 0 Å². The molecule has 1 aliphatic carbocycles. The number of benzene rings is 3. The minimum atomic E-state index is 0.655. The van der Waals surface area contributed by atoms with Crippen molar-refractivity contribution in [3.8, 4) is 11.3 Å². The van der Waals surface area contributed by atoms with Gasteiger partial charge in [-0.2, -0.15) is 4.57 Å². The fourth-order valence-corrected chi connectivity index (χ4v) is 5.12. The van der Waals surface area contributed by atoms with Gasteiger partial charge in [0, 0.05) is 13.0 Å². The lowest BCUT2D eigenvalue weighted by Crippen LogP contribution is -2.35. The third kappa shape index (κ3) is 3.23. The summed E-state index contributed by atoms with van der Waals surface area (Å²) in [5.41, 5.74) is 6.20. The first-order valence-electron chi connectivity index (χ1n) is 11.5. The molecular formula is C28H30N+. The molecule has 0 unspecified atom stereocenters. The average molecular weight is 382 g/mol. The Morgan fingerprint density at radius 2 is 1.59 bits per heavy atom. The van der Waals surface area contributed by atoms with E-state index in [9.17, 15) is 0 Å². The van der Waals surface area contributed by atoms with Crippen LogP contribution >= 0.6 is 0 Å². The Hall–Kier alpha value is -2.67. The molecular weight excluding hydrogens is 350 g/mol. The van der Waals surface area contributed by atoms with Gasteiger partial charge in [-0.15, -0.1) is 0 Å². The first-order valence-corrected chi connectivity index (χ1v) is 11.0.